The van der Waals surface area contributed by atoms with Gasteiger partial charge < -0.3 is 9.84 Å². The van der Waals surface area contributed by atoms with E-state index in [4.69, 9.17) is 4.74 Å². The lowest BCUT2D eigenvalue weighted by Gasteiger charge is -2.28. The number of halogens is 1. The van der Waals surface area contributed by atoms with Crippen LogP contribution in [0.15, 0.2) is 42.5 Å². The Morgan fingerprint density at radius 3 is 2.62 bits per heavy atom. The second-order valence-corrected chi connectivity index (χ2v) is 6.39. The van der Waals surface area contributed by atoms with E-state index in [-0.39, 0.29) is 31.0 Å². The number of rotatable bonds is 4. The summed E-state index contributed by atoms with van der Waals surface area (Å²) in [5.41, 5.74) is 3.56. The van der Waals surface area contributed by atoms with Crippen molar-refractivity contribution in [2.24, 2.45) is 0 Å². The molecule has 0 saturated carbocycles. The molecule has 0 amide bonds. The average molecular weight is 328 g/mol. The van der Waals surface area contributed by atoms with E-state index >= 15 is 0 Å². The number of carbonyl (C=O) groups is 1. The van der Waals surface area contributed by atoms with Crippen LogP contribution < -0.4 is 0 Å². The highest BCUT2D eigenvalue weighted by atomic mass is 19.1. The first kappa shape index (κ1) is 16.8. The molecule has 0 aromatic heterocycles. The van der Waals surface area contributed by atoms with Crippen LogP contribution in [0.3, 0.4) is 0 Å². The number of Topliss-reactive ketones (excluding diaryl/α,β-unsaturated/α-hetero) is 1. The van der Waals surface area contributed by atoms with Crippen LogP contribution in [-0.4, -0.2) is 23.6 Å². The summed E-state index contributed by atoms with van der Waals surface area (Å²) >= 11 is 0. The van der Waals surface area contributed by atoms with Crippen LogP contribution in [0.4, 0.5) is 4.39 Å². The highest BCUT2D eigenvalue weighted by Crippen LogP contribution is 2.30. The maximum absolute atomic E-state index is 14.2. The molecule has 1 fully saturated rings. The lowest BCUT2D eigenvalue weighted by Crippen LogP contribution is -2.31. The number of benzene rings is 2. The molecule has 1 aliphatic rings. The minimum absolute atomic E-state index is 0.0645. The molecule has 1 heterocycles. The average Bonchev–Trinajstić information content (AvgIpc) is 2.58. The van der Waals surface area contributed by atoms with Gasteiger partial charge in [-0.1, -0.05) is 35.9 Å². The molecular formula is C20H21FO3. The van der Waals surface area contributed by atoms with E-state index in [1.54, 1.807) is 12.1 Å². The van der Waals surface area contributed by atoms with Crippen molar-refractivity contribution in [3.05, 3.63) is 70.5 Å². The summed E-state index contributed by atoms with van der Waals surface area (Å²) in [7, 11) is 0. The predicted octanol–water partition coefficient (Wildman–Crippen LogP) is 3.51. The van der Waals surface area contributed by atoms with Crippen molar-refractivity contribution in [1.82, 2.24) is 0 Å². The molecule has 126 valence electrons. The van der Waals surface area contributed by atoms with Gasteiger partial charge in [-0.15, -0.1) is 0 Å². The standard InChI is InChI=1S/C20H21FO3/c1-13-2-4-14(5-3-13)8-16-9-15(6-7-19(16)21)20-11-17(23)10-18(12-22)24-20/h2-7,9,18,20,22H,8,10-12H2,1H3. The van der Waals surface area contributed by atoms with Crippen LogP contribution in [0, 0.1) is 12.7 Å². The van der Waals surface area contributed by atoms with Crippen LogP contribution in [0.25, 0.3) is 0 Å². The second kappa shape index (κ2) is 7.24. The van der Waals surface area contributed by atoms with Gasteiger partial charge in [-0.2, -0.15) is 0 Å². The second-order valence-electron chi connectivity index (χ2n) is 6.39. The number of aryl methyl sites for hydroxylation is 1. The largest absolute Gasteiger partial charge is 0.394 e. The van der Waals surface area contributed by atoms with Gasteiger partial charge in [-0.3, -0.25) is 4.79 Å². The Kier molecular flexibility index (Phi) is 5.07. The van der Waals surface area contributed by atoms with E-state index in [9.17, 15) is 14.3 Å². The Morgan fingerprint density at radius 1 is 1.17 bits per heavy atom. The van der Waals surface area contributed by atoms with Crippen LogP contribution in [0.2, 0.25) is 0 Å². The van der Waals surface area contributed by atoms with E-state index in [1.807, 2.05) is 31.2 Å². The fraction of sp³-hybridized carbons (Fsp3) is 0.350. The molecule has 0 spiro atoms. The first-order valence-electron chi connectivity index (χ1n) is 8.17. The van der Waals surface area contributed by atoms with Crippen molar-refractivity contribution in [1.29, 1.82) is 0 Å². The molecule has 1 saturated heterocycles. The van der Waals surface area contributed by atoms with E-state index in [0.29, 0.717) is 12.0 Å². The van der Waals surface area contributed by atoms with Gasteiger partial charge >= 0.3 is 0 Å². The third kappa shape index (κ3) is 3.89. The van der Waals surface area contributed by atoms with Crippen LogP contribution in [0.5, 0.6) is 0 Å². The molecule has 2 unspecified atom stereocenters. The van der Waals surface area contributed by atoms with Crippen LogP contribution >= 0.6 is 0 Å². The Morgan fingerprint density at radius 2 is 1.92 bits per heavy atom. The van der Waals surface area contributed by atoms with Crippen LogP contribution in [-0.2, 0) is 16.0 Å². The number of aliphatic hydroxyl groups excluding tert-OH is 1. The lowest BCUT2D eigenvalue weighted by molar-refractivity contribution is -0.139. The molecule has 2 atom stereocenters. The Balaban J connectivity index is 1.83. The molecule has 3 rings (SSSR count). The number of hydrogen-bond acceptors (Lipinski definition) is 3. The summed E-state index contributed by atoms with van der Waals surface area (Å²) in [5.74, 6) is -0.199. The van der Waals surface area contributed by atoms with Gasteiger partial charge in [-0.05, 0) is 35.7 Å². The normalized spacial score (nSPS) is 21.0. The van der Waals surface area contributed by atoms with Gasteiger partial charge in [0.2, 0.25) is 0 Å². The molecule has 0 radical (unpaired) electrons. The Labute approximate surface area is 141 Å². The van der Waals surface area contributed by atoms with Gasteiger partial charge in [-0.25, -0.2) is 4.39 Å². The topological polar surface area (TPSA) is 46.5 Å². The molecule has 0 bridgehead atoms. The molecule has 24 heavy (non-hydrogen) atoms. The zero-order valence-corrected chi connectivity index (χ0v) is 13.7. The monoisotopic (exact) mass is 328 g/mol. The maximum Gasteiger partial charge on any atom is 0.138 e. The minimum Gasteiger partial charge on any atom is -0.394 e. The lowest BCUT2D eigenvalue weighted by atomic mass is 9.94. The Bertz CT molecular complexity index is 724. The first-order chi connectivity index (χ1) is 11.5. The molecule has 1 N–H and O–H groups in total. The van der Waals surface area contributed by atoms with Crippen molar-refractivity contribution < 1.29 is 19.0 Å². The highest BCUT2D eigenvalue weighted by Gasteiger charge is 2.28. The van der Waals surface area contributed by atoms with Crippen molar-refractivity contribution in [2.75, 3.05) is 6.61 Å². The van der Waals surface area contributed by atoms with Gasteiger partial charge in [0, 0.05) is 19.3 Å². The summed E-state index contributed by atoms with van der Waals surface area (Å²) in [5, 5.41) is 9.25. The van der Waals surface area contributed by atoms with Crippen LogP contribution in [0.1, 0.15) is 41.2 Å². The minimum atomic E-state index is -0.471. The van der Waals surface area contributed by atoms with Gasteiger partial charge in [0.1, 0.15) is 11.6 Å². The fourth-order valence-electron chi connectivity index (χ4n) is 3.03. The van der Waals surface area contributed by atoms with Crippen molar-refractivity contribution in [2.45, 2.75) is 38.4 Å². The summed E-state index contributed by atoms with van der Waals surface area (Å²) in [4.78, 5) is 11.8. The van der Waals surface area contributed by atoms with Gasteiger partial charge in [0.25, 0.3) is 0 Å². The summed E-state index contributed by atoms with van der Waals surface area (Å²) in [6.07, 6.45) is 0.114. The molecular weight excluding hydrogens is 307 g/mol. The smallest absolute Gasteiger partial charge is 0.138 e. The SMILES string of the molecule is Cc1ccc(Cc2cc(C3CC(=O)CC(CO)O3)ccc2F)cc1. The number of ether oxygens (including phenoxy) is 1. The summed E-state index contributed by atoms with van der Waals surface area (Å²) < 4.78 is 19.9. The van der Waals surface area contributed by atoms with E-state index in [2.05, 4.69) is 0 Å². The number of hydrogen-bond donors (Lipinski definition) is 1. The van der Waals surface area contributed by atoms with Gasteiger partial charge in [0.15, 0.2) is 0 Å². The third-order valence-corrected chi connectivity index (χ3v) is 4.39. The molecule has 2 aromatic rings. The van der Waals surface area contributed by atoms with Crippen molar-refractivity contribution >= 4 is 5.78 Å². The third-order valence-electron chi connectivity index (χ3n) is 4.39. The summed E-state index contributed by atoms with van der Waals surface area (Å²) in [6.45, 7) is 1.83. The van der Waals surface area contributed by atoms with E-state index in [0.717, 1.165) is 16.7 Å². The highest BCUT2D eigenvalue weighted by molar-refractivity contribution is 5.80. The number of aliphatic hydroxyl groups is 1. The van der Waals surface area contributed by atoms with E-state index in [1.165, 1.54) is 6.07 Å². The van der Waals surface area contributed by atoms with Crippen molar-refractivity contribution in [3.63, 3.8) is 0 Å². The Hall–Kier alpha value is -2.04. The zero-order chi connectivity index (χ0) is 17.1. The predicted molar refractivity (Wildman–Crippen MR) is 89.3 cm³/mol. The molecule has 3 nitrogen and oxygen atoms in total. The molecule has 2 aromatic carbocycles. The maximum atomic E-state index is 14.2. The quantitative estimate of drug-likeness (QED) is 0.934. The number of carbonyl (C=O) groups excluding carboxylic acids is 1. The summed E-state index contributed by atoms with van der Waals surface area (Å²) in [6, 6.07) is 12.8. The zero-order valence-electron chi connectivity index (χ0n) is 13.7. The first-order valence-corrected chi connectivity index (χ1v) is 8.17. The fourth-order valence-corrected chi connectivity index (χ4v) is 3.03. The van der Waals surface area contributed by atoms with Crippen molar-refractivity contribution in [3.8, 4) is 0 Å². The molecule has 0 aliphatic carbocycles. The molecule has 1 aliphatic heterocycles. The van der Waals surface area contributed by atoms with E-state index < -0.39 is 12.2 Å². The van der Waals surface area contributed by atoms with Gasteiger partial charge in [0.05, 0.1) is 18.8 Å². The number of ketones is 1. The molecule has 4 heteroatoms.